The maximum Gasteiger partial charge on any atom is 0.387 e. The first-order valence-corrected chi connectivity index (χ1v) is 8.42. The van der Waals surface area contributed by atoms with Crippen molar-refractivity contribution in [3.05, 3.63) is 41.1 Å². The molecule has 0 radical (unpaired) electrons. The summed E-state index contributed by atoms with van der Waals surface area (Å²) < 4.78 is 40.0. The molecule has 10 heteroatoms. The van der Waals surface area contributed by atoms with Crippen LogP contribution >= 0.6 is 24.0 Å². The summed E-state index contributed by atoms with van der Waals surface area (Å²) >= 11 is 0. The number of halogens is 3. The van der Waals surface area contributed by atoms with Gasteiger partial charge in [-0.15, -0.1) is 24.0 Å². The van der Waals surface area contributed by atoms with Gasteiger partial charge in [0.05, 0.1) is 19.3 Å². The number of hydrogen-bond donors (Lipinski definition) is 2. The molecular weight excluding hydrogens is 485 g/mol. The van der Waals surface area contributed by atoms with Crippen LogP contribution < -0.4 is 20.1 Å². The summed E-state index contributed by atoms with van der Waals surface area (Å²) in [4.78, 5) is 8.42. The second-order valence-corrected chi connectivity index (χ2v) is 5.72. The number of nitrogens with one attached hydrogen (secondary N) is 2. The molecular formula is C18H25F2IN4O3. The smallest absolute Gasteiger partial charge is 0.387 e. The number of alkyl halides is 2. The molecule has 1 heterocycles. The summed E-state index contributed by atoms with van der Waals surface area (Å²) in [5, 5.41) is 6.25. The third kappa shape index (κ3) is 7.13. The highest BCUT2D eigenvalue weighted by Gasteiger charge is 2.11. The van der Waals surface area contributed by atoms with Gasteiger partial charge in [0.25, 0.3) is 0 Å². The molecule has 2 rings (SSSR count). The number of oxazole rings is 1. The Bertz CT molecular complexity index is 765. The van der Waals surface area contributed by atoms with E-state index in [1.54, 1.807) is 25.2 Å². The molecule has 0 saturated carbocycles. The number of methoxy groups -OCH3 is 1. The molecule has 0 atom stereocenters. The van der Waals surface area contributed by atoms with Crippen LogP contribution in [0.4, 0.5) is 8.78 Å². The largest absolute Gasteiger partial charge is 0.493 e. The van der Waals surface area contributed by atoms with Crippen molar-refractivity contribution in [3.8, 4) is 11.5 Å². The van der Waals surface area contributed by atoms with E-state index in [1.807, 2.05) is 13.8 Å². The topological polar surface area (TPSA) is 80.9 Å². The second-order valence-electron chi connectivity index (χ2n) is 5.72. The van der Waals surface area contributed by atoms with Crippen LogP contribution in [0.15, 0.2) is 27.6 Å². The lowest BCUT2D eigenvalue weighted by molar-refractivity contribution is -0.0512. The van der Waals surface area contributed by atoms with Crippen LogP contribution in [0.1, 0.15) is 22.9 Å². The highest BCUT2D eigenvalue weighted by atomic mass is 127. The summed E-state index contributed by atoms with van der Waals surface area (Å²) in [6, 6.07) is 4.95. The molecule has 2 aromatic rings. The van der Waals surface area contributed by atoms with E-state index in [0.717, 1.165) is 17.0 Å². The number of ether oxygens (including phenoxy) is 2. The zero-order valence-corrected chi connectivity index (χ0v) is 18.5. The lowest BCUT2D eigenvalue weighted by atomic mass is 10.1. The van der Waals surface area contributed by atoms with E-state index in [1.165, 1.54) is 7.11 Å². The third-order valence-electron chi connectivity index (χ3n) is 3.85. The van der Waals surface area contributed by atoms with Crippen molar-refractivity contribution in [1.29, 1.82) is 0 Å². The minimum absolute atomic E-state index is 0. The monoisotopic (exact) mass is 510 g/mol. The molecule has 0 aliphatic heterocycles. The Labute approximate surface area is 179 Å². The van der Waals surface area contributed by atoms with E-state index in [0.29, 0.717) is 31.4 Å². The zero-order valence-electron chi connectivity index (χ0n) is 16.2. The van der Waals surface area contributed by atoms with Crippen LogP contribution in [0, 0.1) is 13.8 Å². The maximum atomic E-state index is 12.5. The van der Waals surface area contributed by atoms with Gasteiger partial charge in [-0.05, 0) is 38.0 Å². The number of guanidine groups is 1. The molecule has 156 valence electrons. The minimum atomic E-state index is -2.90. The molecule has 0 fully saturated rings. The Morgan fingerprint density at radius 2 is 2.00 bits per heavy atom. The van der Waals surface area contributed by atoms with Gasteiger partial charge in [0.15, 0.2) is 17.5 Å². The number of aliphatic imine (C=N–C) groups is 1. The van der Waals surface area contributed by atoms with E-state index in [4.69, 9.17) is 9.15 Å². The molecule has 2 N–H and O–H groups in total. The molecule has 1 aromatic heterocycles. The van der Waals surface area contributed by atoms with Gasteiger partial charge in [-0.25, -0.2) is 4.98 Å². The molecule has 0 aliphatic rings. The molecule has 28 heavy (non-hydrogen) atoms. The van der Waals surface area contributed by atoms with Gasteiger partial charge >= 0.3 is 6.61 Å². The maximum absolute atomic E-state index is 12.5. The van der Waals surface area contributed by atoms with Crippen molar-refractivity contribution >= 4 is 29.9 Å². The van der Waals surface area contributed by atoms with Crippen molar-refractivity contribution in [2.75, 3.05) is 20.7 Å². The fourth-order valence-electron chi connectivity index (χ4n) is 2.38. The van der Waals surface area contributed by atoms with Crippen molar-refractivity contribution in [3.63, 3.8) is 0 Å². The van der Waals surface area contributed by atoms with Crippen LogP contribution in [-0.2, 0) is 13.0 Å². The second kappa shape index (κ2) is 11.7. The predicted octanol–water partition coefficient (Wildman–Crippen LogP) is 3.43. The Kier molecular flexibility index (Phi) is 9.97. The fourth-order valence-corrected chi connectivity index (χ4v) is 2.38. The highest BCUT2D eigenvalue weighted by molar-refractivity contribution is 14.0. The molecule has 0 spiro atoms. The standard InChI is InChI=1S/C18H24F2N4O3.HI/c1-11-12(2)26-16(24-11)10-23-18(21-3)22-8-7-13-5-6-14(25-4)15(9-13)27-17(19)20;/h5-6,9,17H,7-8,10H2,1-4H3,(H2,21,22,23);1H. The molecule has 0 aliphatic carbocycles. The quantitative estimate of drug-likeness (QED) is 0.322. The van der Waals surface area contributed by atoms with E-state index in [9.17, 15) is 8.78 Å². The van der Waals surface area contributed by atoms with Crippen molar-refractivity contribution in [1.82, 2.24) is 15.6 Å². The molecule has 7 nitrogen and oxygen atoms in total. The van der Waals surface area contributed by atoms with Crippen LogP contribution in [0.3, 0.4) is 0 Å². The Morgan fingerprint density at radius 3 is 2.57 bits per heavy atom. The first kappa shape index (κ1) is 23.9. The van der Waals surface area contributed by atoms with E-state index < -0.39 is 6.61 Å². The molecule has 1 aromatic carbocycles. The summed E-state index contributed by atoms with van der Waals surface area (Å²) in [6.07, 6.45) is 0.585. The van der Waals surface area contributed by atoms with Gasteiger partial charge in [-0.2, -0.15) is 8.78 Å². The van der Waals surface area contributed by atoms with Crippen LogP contribution in [0.5, 0.6) is 11.5 Å². The number of nitrogens with zero attached hydrogens (tertiary/aromatic N) is 2. The van der Waals surface area contributed by atoms with E-state index in [2.05, 4.69) is 25.3 Å². The van der Waals surface area contributed by atoms with E-state index >= 15 is 0 Å². The Morgan fingerprint density at radius 1 is 1.25 bits per heavy atom. The zero-order chi connectivity index (χ0) is 19.8. The highest BCUT2D eigenvalue weighted by Crippen LogP contribution is 2.29. The van der Waals surface area contributed by atoms with Gasteiger partial charge in [0, 0.05) is 13.6 Å². The lowest BCUT2D eigenvalue weighted by Crippen LogP contribution is -2.37. The number of benzene rings is 1. The first-order valence-electron chi connectivity index (χ1n) is 8.42. The molecule has 0 saturated heterocycles. The van der Waals surface area contributed by atoms with Crippen LogP contribution in [-0.4, -0.2) is 38.3 Å². The first-order chi connectivity index (χ1) is 12.9. The SMILES string of the molecule is CN=C(NCCc1ccc(OC)c(OC(F)F)c1)NCc1nc(C)c(C)o1.I. The van der Waals surface area contributed by atoms with Crippen LogP contribution in [0.2, 0.25) is 0 Å². The van der Waals surface area contributed by atoms with Crippen molar-refractivity contribution in [2.24, 2.45) is 4.99 Å². The average molecular weight is 510 g/mol. The number of aromatic nitrogens is 1. The summed E-state index contributed by atoms with van der Waals surface area (Å²) in [6.45, 7) is 1.79. The summed E-state index contributed by atoms with van der Waals surface area (Å²) in [7, 11) is 3.06. The van der Waals surface area contributed by atoms with Gasteiger partial charge < -0.3 is 24.5 Å². The summed E-state index contributed by atoms with van der Waals surface area (Å²) in [5.74, 6) is 2.23. The normalized spacial score (nSPS) is 11.2. The molecule has 0 unspecified atom stereocenters. The Hall–Kier alpha value is -2.11. The lowest BCUT2D eigenvalue weighted by Gasteiger charge is -2.13. The van der Waals surface area contributed by atoms with Gasteiger partial charge in [-0.3, -0.25) is 4.99 Å². The number of rotatable bonds is 8. The minimum Gasteiger partial charge on any atom is -0.493 e. The summed E-state index contributed by atoms with van der Waals surface area (Å²) in [5.41, 5.74) is 1.68. The Balaban J connectivity index is 0.00000392. The predicted molar refractivity (Wildman–Crippen MR) is 113 cm³/mol. The molecule has 0 amide bonds. The van der Waals surface area contributed by atoms with Crippen molar-refractivity contribution < 1.29 is 22.7 Å². The molecule has 0 bridgehead atoms. The van der Waals surface area contributed by atoms with Gasteiger partial charge in [0.1, 0.15) is 5.76 Å². The average Bonchev–Trinajstić information content (AvgIpc) is 2.95. The number of hydrogen-bond acceptors (Lipinski definition) is 5. The number of aryl methyl sites for hydroxylation is 2. The van der Waals surface area contributed by atoms with Gasteiger partial charge in [0.2, 0.25) is 5.89 Å². The van der Waals surface area contributed by atoms with Crippen molar-refractivity contribution in [2.45, 2.75) is 33.4 Å². The van der Waals surface area contributed by atoms with Gasteiger partial charge in [-0.1, -0.05) is 6.07 Å². The fraction of sp³-hybridized carbons (Fsp3) is 0.444. The third-order valence-corrected chi connectivity index (χ3v) is 3.85. The van der Waals surface area contributed by atoms with Crippen LogP contribution in [0.25, 0.3) is 0 Å². The van der Waals surface area contributed by atoms with E-state index in [-0.39, 0.29) is 35.5 Å².